The monoisotopic (exact) mass is 237 g/mol. The first-order chi connectivity index (χ1) is 8.19. The smallest absolute Gasteiger partial charge is 0.318 e. The molecule has 6 heteroatoms. The van der Waals surface area contributed by atoms with Crippen molar-refractivity contribution >= 4 is 11.8 Å². The molecule has 0 aromatic carbocycles. The van der Waals surface area contributed by atoms with Gasteiger partial charge in [0.15, 0.2) is 0 Å². The highest BCUT2D eigenvalue weighted by Crippen LogP contribution is 2.20. The minimum Gasteiger partial charge on any atom is -0.481 e. The molecule has 92 valence electrons. The van der Waals surface area contributed by atoms with Gasteiger partial charge in [-0.1, -0.05) is 0 Å². The largest absolute Gasteiger partial charge is 0.481 e. The zero-order chi connectivity index (χ0) is 12.3. The second-order valence-corrected chi connectivity index (χ2v) is 3.97. The van der Waals surface area contributed by atoms with Gasteiger partial charge in [-0.25, -0.2) is 0 Å². The van der Waals surface area contributed by atoms with E-state index in [-0.39, 0.29) is 12.4 Å². The third-order valence-corrected chi connectivity index (χ3v) is 2.69. The third-order valence-electron chi connectivity index (χ3n) is 2.69. The lowest BCUT2D eigenvalue weighted by Gasteiger charge is -2.17. The van der Waals surface area contributed by atoms with E-state index in [0.29, 0.717) is 5.69 Å². The van der Waals surface area contributed by atoms with Crippen molar-refractivity contribution in [2.45, 2.75) is 19.3 Å². The highest BCUT2D eigenvalue weighted by atomic mass is 16.5. The number of rotatable bonds is 4. The fourth-order valence-electron chi connectivity index (χ4n) is 1.90. The lowest BCUT2D eigenvalue weighted by molar-refractivity contribution is -0.136. The summed E-state index contributed by atoms with van der Waals surface area (Å²) in [4.78, 5) is 21.1. The maximum Gasteiger partial charge on any atom is 0.318 e. The highest BCUT2D eigenvalue weighted by molar-refractivity contribution is 5.70. The van der Waals surface area contributed by atoms with Gasteiger partial charge in [0.2, 0.25) is 0 Å². The predicted molar refractivity (Wildman–Crippen MR) is 61.4 cm³/mol. The third kappa shape index (κ3) is 2.83. The van der Waals surface area contributed by atoms with Crippen molar-refractivity contribution in [3.63, 3.8) is 0 Å². The first-order valence-corrected chi connectivity index (χ1v) is 5.58. The standard InChI is InChI=1S/C11H15N3O3/c1-17-11-12-8(7-10(15)16)6-9(13-11)14-4-2-3-5-14/h6H,2-5,7H2,1H3,(H,15,16). The van der Waals surface area contributed by atoms with E-state index in [9.17, 15) is 4.79 Å². The Bertz CT molecular complexity index is 416. The fraction of sp³-hybridized carbons (Fsp3) is 0.545. The molecule has 0 amide bonds. The molecule has 0 aliphatic carbocycles. The van der Waals surface area contributed by atoms with Gasteiger partial charge >= 0.3 is 12.0 Å². The Morgan fingerprint density at radius 1 is 1.47 bits per heavy atom. The van der Waals surface area contributed by atoms with Gasteiger partial charge in [0.25, 0.3) is 0 Å². The Hall–Kier alpha value is -1.85. The maximum absolute atomic E-state index is 10.7. The number of carbonyl (C=O) groups is 1. The van der Waals surface area contributed by atoms with Crippen LogP contribution in [0.3, 0.4) is 0 Å². The molecule has 1 N–H and O–H groups in total. The number of hydrogen-bond acceptors (Lipinski definition) is 5. The maximum atomic E-state index is 10.7. The van der Waals surface area contributed by atoms with Gasteiger partial charge in [-0.15, -0.1) is 0 Å². The summed E-state index contributed by atoms with van der Waals surface area (Å²) in [5, 5.41) is 8.77. The minimum absolute atomic E-state index is 0.111. The fourth-order valence-corrected chi connectivity index (χ4v) is 1.90. The molecule has 1 aromatic heterocycles. The van der Waals surface area contributed by atoms with E-state index >= 15 is 0 Å². The second-order valence-electron chi connectivity index (χ2n) is 3.97. The van der Waals surface area contributed by atoms with Crippen molar-refractivity contribution in [2.75, 3.05) is 25.1 Å². The summed E-state index contributed by atoms with van der Waals surface area (Å²) in [7, 11) is 1.48. The molecule has 0 atom stereocenters. The van der Waals surface area contributed by atoms with Crippen LogP contribution in [0.25, 0.3) is 0 Å². The first-order valence-electron chi connectivity index (χ1n) is 5.58. The quantitative estimate of drug-likeness (QED) is 0.831. The normalized spacial score (nSPS) is 15.0. The Morgan fingerprint density at radius 3 is 2.76 bits per heavy atom. The van der Waals surface area contributed by atoms with E-state index in [2.05, 4.69) is 14.9 Å². The van der Waals surface area contributed by atoms with Gasteiger partial charge in [-0.3, -0.25) is 4.79 Å². The lowest BCUT2D eigenvalue weighted by Crippen LogP contribution is -2.20. The zero-order valence-corrected chi connectivity index (χ0v) is 9.72. The van der Waals surface area contributed by atoms with Gasteiger partial charge in [-0.05, 0) is 12.8 Å². The summed E-state index contributed by atoms with van der Waals surface area (Å²) in [5.41, 5.74) is 0.478. The topological polar surface area (TPSA) is 75.6 Å². The van der Waals surface area contributed by atoms with E-state index in [4.69, 9.17) is 9.84 Å². The van der Waals surface area contributed by atoms with E-state index in [1.54, 1.807) is 6.07 Å². The Labute approximate surface area is 99.2 Å². The lowest BCUT2D eigenvalue weighted by atomic mass is 10.3. The number of methoxy groups -OCH3 is 1. The number of aliphatic carboxylic acids is 1. The van der Waals surface area contributed by atoms with Crippen LogP contribution in [0, 0.1) is 0 Å². The van der Waals surface area contributed by atoms with Crippen LogP contribution in [0.2, 0.25) is 0 Å². The van der Waals surface area contributed by atoms with Crippen LogP contribution < -0.4 is 9.64 Å². The number of nitrogens with zero attached hydrogens (tertiary/aromatic N) is 3. The molecule has 17 heavy (non-hydrogen) atoms. The molecule has 0 saturated carbocycles. The number of hydrogen-bond donors (Lipinski definition) is 1. The number of anilines is 1. The summed E-state index contributed by atoms with van der Waals surface area (Å²) in [5.74, 6) is -0.149. The average Bonchev–Trinajstić information content (AvgIpc) is 2.81. The Balaban J connectivity index is 2.27. The molecule has 6 nitrogen and oxygen atoms in total. The molecule has 0 spiro atoms. The number of carboxylic acids is 1. The summed E-state index contributed by atoms with van der Waals surface area (Å²) in [6.45, 7) is 1.90. The van der Waals surface area contributed by atoms with Crippen molar-refractivity contribution < 1.29 is 14.6 Å². The number of aromatic nitrogens is 2. The Morgan fingerprint density at radius 2 is 2.18 bits per heavy atom. The molecule has 1 saturated heterocycles. The molecule has 0 radical (unpaired) electrons. The number of carboxylic acid groups (broad SMARTS) is 1. The van der Waals surface area contributed by atoms with Crippen LogP contribution >= 0.6 is 0 Å². The molecule has 0 bridgehead atoms. The Kier molecular flexibility index (Phi) is 3.41. The van der Waals surface area contributed by atoms with E-state index in [1.807, 2.05) is 0 Å². The molecule has 2 rings (SSSR count). The summed E-state index contributed by atoms with van der Waals surface area (Å²) < 4.78 is 4.99. The van der Waals surface area contributed by atoms with Crippen molar-refractivity contribution in [1.82, 2.24) is 9.97 Å². The van der Waals surface area contributed by atoms with Gasteiger partial charge in [0.05, 0.1) is 19.2 Å². The van der Waals surface area contributed by atoms with Crippen molar-refractivity contribution in [3.8, 4) is 6.01 Å². The zero-order valence-electron chi connectivity index (χ0n) is 9.72. The molecule has 1 aliphatic heterocycles. The van der Waals surface area contributed by atoms with E-state index in [1.165, 1.54) is 7.11 Å². The van der Waals surface area contributed by atoms with Crippen molar-refractivity contribution in [2.24, 2.45) is 0 Å². The van der Waals surface area contributed by atoms with Gasteiger partial charge < -0.3 is 14.7 Å². The van der Waals surface area contributed by atoms with Crippen LogP contribution in [-0.4, -0.2) is 41.2 Å². The van der Waals surface area contributed by atoms with Gasteiger partial charge in [0.1, 0.15) is 5.82 Å². The summed E-state index contributed by atoms with van der Waals surface area (Å²) >= 11 is 0. The van der Waals surface area contributed by atoms with Crippen LogP contribution in [0.4, 0.5) is 5.82 Å². The SMILES string of the molecule is COc1nc(CC(=O)O)cc(N2CCCC2)n1. The molecule has 0 unspecified atom stereocenters. The van der Waals surface area contributed by atoms with Gasteiger partial charge in [-0.2, -0.15) is 9.97 Å². The van der Waals surface area contributed by atoms with E-state index < -0.39 is 5.97 Å². The first kappa shape index (κ1) is 11.6. The van der Waals surface area contributed by atoms with Crippen molar-refractivity contribution in [3.05, 3.63) is 11.8 Å². The highest BCUT2D eigenvalue weighted by Gasteiger charge is 2.16. The molecule has 2 heterocycles. The molecule has 1 fully saturated rings. The van der Waals surface area contributed by atoms with Crippen LogP contribution in [0.15, 0.2) is 6.07 Å². The molecule has 1 aliphatic rings. The van der Waals surface area contributed by atoms with Crippen molar-refractivity contribution in [1.29, 1.82) is 0 Å². The minimum atomic E-state index is -0.905. The van der Waals surface area contributed by atoms with E-state index in [0.717, 1.165) is 31.7 Å². The van der Waals surface area contributed by atoms with Crippen LogP contribution in [0.1, 0.15) is 18.5 Å². The molecular weight excluding hydrogens is 222 g/mol. The van der Waals surface area contributed by atoms with Crippen LogP contribution in [0.5, 0.6) is 6.01 Å². The molecule has 1 aromatic rings. The summed E-state index contributed by atoms with van der Waals surface area (Å²) in [6, 6.07) is 1.95. The number of ether oxygens (including phenoxy) is 1. The summed E-state index contributed by atoms with van der Waals surface area (Å²) in [6.07, 6.45) is 2.17. The molecular formula is C11H15N3O3. The average molecular weight is 237 g/mol. The van der Waals surface area contributed by atoms with Crippen LogP contribution in [-0.2, 0) is 11.2 Å². The second kappa shape index (κ2) is 4.99. The van der Waals surface area contributed by atoms with Gasteiger partial charge in [0, 0.05) is 19.2 Å². The predicted octanol–water partition coefficient (Wildman–Crippen LogP) is 0.712.